The first-order valence-corrected chi connectivity index (χ1v) is 6.70. The summed E-state index contributed by atoms with van der Waals surface area (Å²) in [4.78, 5) is 56.6. The second-order valence-corrected chi connectivity index (χ2v) is 4.79. The summed E-state index contributed by atoms with van der Waals surface area (Å²) >= 11 is 0. The first kappa shape index (κ1) is 14.2. The molecule has 114 valence electrons. The van der Waals surface area contributed by atoms with E-state index in [1.807, 2.05) is 0 Å². The van der Waals surface area contributed by atoms with Gasteiger partial charge in [0, 0.05) is 6.42 Å². The quantitative estimate of drug-likeness (QED) is 0.742. The summed E-state index contributed by atoms with van der Waals surface area (Å²) in [5.74, 6) is -2.41. The van der Waals surface area contributed by atoms with E-state index >= 15 is 0 Å². The van der Waals surface area contributed by atoms with Crippen LogP contribution in [0.15, 0.2) is 24.3 Å². The van der Waals surface area contributed by atoms with Crippen LogP contribution >= 0.6 is 0 Å². The zero-order valence-electron chi connectivity index (χ0n) is 11.5. The monoisotopic (exact) mass is 304 g/mol. The number of fused-ring (bicyclic) bond motifs is 1. The molecule has 2 aliphatic heterocycles. The summed E-state index contributed by atoms with van der Waals surface area (Å²) in [6.45, 7) is -0.313. The molecule has 1 fully saturated rings. The molecule has 0 N–H and O–H groups in total. The predicted molar refractivity (Wildman–Crippen MR) is 69.9 cm³/mol. The van der Waals surface area contributed by atoms with Crippen LogP contribution in [-0.2, 0) is 19.3 Å². The Balaban J connectivity index is 1.58. The van der Waals surface area contributed by atoms with Crippen molar-refractivity contribution in [3.05, 3.63) is 35.4 Å². The zero-order chi connectivity index (χ0) is 15.7. The van der Waals surface area contributed by atoms with Crippen LogP contribution in [0.2, 0.25) is 0 Å². The lowest BCUT2D eigenvalue weighted by Gasteiger charge is -2.16. The minimum absolute atomic E-state index is 0.218. The minimum Gasteiger partial charge on any atom is -0.335 e. The van der Waals surface area contributed by atoms with Gasteiger partial charge in [0.1, 0.15) is 0 Å². The van der Waals surface area contributed by atoms with Gasteiger partial charge >= 0.3 is 5.97 Å². The number of rotatable bonds is 4. The van der Waals surface area contributed by atoms with Gasteiger partial charge in [0.2, 0.25) is 0 Å². The van der Waals surface area contributed by atoms with Crippen molar-refractivity contribution >= 4 is 23.7 Å². The topological polar surface area (TPSA) is 93.2 Å². The maximum absolute atomic E-state index is 12.0. The summed E-state index contributed by atoms with van der Waals surface area (Å²) in [6.07, 6.45) is 0.942. The second-order valence-electron chi connectivity index (χ2n) is 4.79. The largest absolute Gasteiger partial charge is 0.360 e. The Bertz CT molecular complexity index is 636. The lowest BCUT2D eigenvalue weighted by molar-refractivity contribution is -0.203. The summed E-state index contributed by atoms with van der Waals surface area (Å²) in [5.41, 5.74) is 0.436. The van der Waals surface area contributed by atoms with E-state index in [2.05, 4.69) is 0 Å². The number of nitrogens with zero attached hydrogens (tertiary/aromatic N) is 2. The van der Waals surface area contributed by atoms with Crippen molar-refractivity contribution in [3.63, 3.8) is 0 Å². The van der Waals surface area contributed by atoms with Crippen molar-refractivity contribution < 1.29 is 28.9 Å². The first-order valence-electron chi connectivity index (χ1n) is 6.70. The highest BCUT2D eigenvalue weighted by Gasteiger charge is 2.37. The lowest BCUT2D eigenvalue weighted by Crippen LogP contribution is -2.35. The van der Waals surface area contributed by atoms with Gasteiger partial charge in [-0.15, -0.1) is 5.06 Å². The summed E-state index contributed by atoms with van der Waals surface area (Å²) in [5, 5.41) is 1.48. The number of hydrogen-bond donors (Lipinski definition) is 0. The Morgan fingerprint density at radius 3 is 2.27 bits per heavy atom. The molecule has 2 heterocycles. The molecule has 8 nitrogen and oxygen atoms in total. The van der Waals surface area contributed by atoms with E-state index in [4.69, 9.17) is 9.68 Å². The highest BCUT2D eigenvalue weighted by Crippen LogP contribution is 2.22. The number of imide groups is 1. The molecule has 1 aromatic rings. The molecule has 0 radical (unpaired) electrons. The fourth-order valence-electron chi connectivity index (χ4n) is 2.27. The van der Waals surface area contributed by atoms with E-state index < -0.39 is 24.4 Å². The van der Waals surface area contributed by atoms with Gasteiger partial charge in [0.05, 0.1) is 17.7 Å². The van der Waals surface area contributed by atoms with Gasteiger partial charge in [0.15, 0.2) is 6.61 Å². The maximum Gasteiger partial charge on any atom is 0.360 e. The smallest absolute Gasteiger partial charge is 0.335 e. The maximum atomic E-state index is 12.0. The van der Waals surface area contributed by atoms with Crippen molar-refractivity contribution in [3.8, 4) is 0 Å². The molecule has 1 saturated heterocycles. The van der Waals surface area contributed by atoms with E-state index in [-0.39, 0.29) is 17.0 Å². The number of carbonyl (C=O) groups is 4. The van der Waals surface area contributed by atoms with Crippen LogP contribution in [-0.4, -0.2) is 47.0 Å². The molecule has 0 aromatic heterocycles. The van der Waals surface area contributed by atoms with Crippen molar-refractivity contribution in [1.29, 1.82) is 0 Å². The highest BCUT2D eigenvalue weighted by atomic mass is 16.8. The molecule has 22 heavy (non-hydrogen) atoms. The van der Waals surface area contributed by atoms with E-state index in [0.717, 1.165) is 5.06 Å². The van der Waals surface area contributed by atoms with Gasteiger partial charge in [-0.1, -0.05) is 12.1 Å². The Morgan fingerprint density at radius 1 is 1.09 bits per heavy atom. The van der Waals surface area contributed by atoms with Crippen LogP contribution in [0, 0.1) is 0 Å². The van der Waals surface area contributed by atoms with E-state index in [9.17, 15) is 19.2 Å². The lowest BCUT2D eigenvalue weighted by atomic mass is 10.1. The molecule has 1 aromatic carbocycles. The van der Waals surface area contributed by atoms with Gasteiger partial charge in [-0.2, -0.15) is 5.06 Å². The van der Waals surface area contributed by atoms with E-state index in [1.54, 1.807) is 12.1 Å². The number of benzene rings is 1. The van der Waals surface area contributed by atoms with Gasteiger partial charge in [0.25, 0.3) is 17.7 Å². The Labute approximate surface area is 125 Å². The molecular weight excluding hydrogens is 292 g/mol. The molecule has 0 spiro atoms. The van der Waals surface area contributed by atoms with E-state index in [0.29, 0.717) is 24.4 Å². The highest BCUT2D eigenvalue weighted by molar-refractivity contribution is 6.20. The van der Waals surface area contributed by atoms with Crippen molar-refractivity contribution in [2.45, 2.75) is 12.8 Å². The second kappa shape index (κ2) is 5.57. The number of hydroxylamine groups is 4. The van der Waals surface area contributed by atoms with Gasteiger partial charge in [-0.25, -0.2) is 4.79 Å². The SMILES string of the molecule is O=C(CON1C(=O)c2ccccc2C1=O)ON1CCCC1=O. The molecule has 0 unspecified atom stereocenters. The number of carbonyl (C=O) groups excluding carboxylic acids is 4. The van der Waals surface area contributed by atoms with Crippen molar-refractivity contribution in [2.75, 3.05) is 13.2 Å². The van der Waals surface area contributed by atoms with Crippen molar-refractivity contribution in [2.24, 2.45) is 0 Å². The number of amides is 3. The predicted octanol–water partition coefficient (Wildman–Crippen LogP) is 0.295. The Hall–Kier alpha value is -2.74. The summed E-state index contributed by atoms with van der Waals surface area (Å²) in [6, 6.07) is 6.25. The van der Waals surface area contributed by atoms with Crippen LogP contribution < -0.4 is 0 Å². The molecule has 0 bridgehead atoms. The number of hydrogen-bond acceptors (Lipinski definition) is 6. The fraction of sp³-hybridized carbons (Fsp3) is 0.286. The molecule has 0 aliphatic carbocycles. The van der Waals surface area contributed by atoms with Gasteiger partial charge < -0.3 is 4.84 Å². The Morgan fingerprint density at radius 2 is 1.73 bits per heavy atom. The molecular formula is C14H12N2O6. The normalized spacial score (nSPS) is 17.2. The summed E-state index contributed by atoms with van der Waals surface area (Å²) in [7, 11) is 0. The molecule has 0 saturated carbocycles. The third-order valence-electron chi connectivity index (χ3n) is 3.31. The molecule has 3 rings (SSSR count). The first-order chi connectivity index (χ1) is 10.6. The van der Waals surface area contributed by atoms with Crippen LogP contribution in [0.25, 0.3) is 0 Å². The van der Waals surface area contributed by atoms with Crippen LogP contribution in [0.5, 0.6) is 0 Å². The minimum atomic E-state index is -0.855. The summed E-state index contributed by atoms with van der Waals surface area (Å²) < 4.78 is 0. The van der Waals surface area contributed by atoms with Gasteiger partial charge in [-0.3, -0.25) is 19.2 Å². The standard InChI is InChI=1S/C14H12N2O6/c17-11-6-3-7-15(11)22-12(18)8-21-16-13(19)9-4-1-2-5-10(9)14(16)20/h1-2,4-5H,3,6-8H2. The molecule has 2 aliphatic rings. The van der Waals surface area contributed by atoms with Crippen molar-refractivity contribution in [1.82, 2.24) is 10.1 Å². The zero-order valence-corrected chi connectivity index (χ0v) is 11.5. The van der Waals surface area contributed by atoms with Crippen LogP contribution in [0.1, 0.15) is 33.6 Å². The van der Waals surface area contributed by atoms with E-state index in [1.165, 1.54) is 12.1 Å². The average Bonchev–Trinajstić information content (AvgIpc) is 3.01. The van der Waals surface area contributed by atoms with Gasteiger partial charge in [-0.05, 0) is 18.6 Å². The molecule has 0 atom stereocenters. The average molecular weight is 304 g/mol. The third kappa shape index (κ3) is 2.44. The Kier molecular flexibility index (Phi) is 3.60. The molecule has 3 amide bonds. The molecule has 8 heteroatoms. The third-order valence-corrected chi connectivity index (χ3v) is 3.31. The fourth-order valence-corrected chi connectivity index (χ4v) is 2.27. The van der Waals surface area contributed by atoms with Crippen LogP contribution in [0.4, 0.5) is 0 Å². The van der Waals surface area contributed by atoms with Crippen LogP contribution in [0.3, 0.4) is 0 Å².